The molecule has 2 N–H and O–H groups in total. The Hall–Kier alpha value is -2.48. The van der Waals surface area contributed by atoms with Crippen LogP contribution in [0.4, 0.5) is 10.3 Å². The normalized spacial score (nSPS) is 18.4. The maximum absolute atomic E-state index is 14.6. The van der Waals surface area contributed by atoms with Gasteiger partial charge in [-0.2, -0.15) is 0 Å². The molecule has 0 unspecified atom stereocenters. The number of hydrogen-bond acceptors (Lipinski definition) is 6. The standard InChI is InChI=1S/C26H32ClFN4O2/c1-5-33-22-12-10-18(28)23(24(22)27)16-9-11-19-17(13-16)14-29-25(31-19)32-21-8-6-7-20(21)30-15-34-26(2,3)4/h9-14,20-21,30H,5-8,15H2,1-4H3,(H,29,31,32)/t20-,21+/m0/s1. The lowest BCUT2D eigenvalue weighted by Crippen LogP contribution is -2.42. The molecular formula is C26H32ClFN4O2. The summed E-state index contributed by atoms with van der Waals surface area (Å²) in [4.78, 5) is 9.20. The molecule has 1 heterocycles. The van der Waals surface area contributed by atoms with Crippen LogP contribution in [0.15, 0.2) is 36.5 Å². The number of rotatable bonds is 8. The van der Waals surface area contributed by atoms with Crippen LogP contribution in [0.2, 0.25) is 5.02 Å². The molecule has 0 bridgehead atoms. The highest BCUT2D eigenvalue weighted by Crippen LogP contribution is 2.38. The van der Waals surface area contributed by atoms with Gasteiger partial charge in [-0.25, -0.2) is 14.4 Å². The first kappa shape index (κ1) is 24.6. The third-order valence-corrected chi connectivity index (χ3v) is 6.28. The van der Waals surface area contributed by atoms with E-state index in [4.69, 9.17) is 21.1 Å². The van der Waals surface area contributed by atoms with E-state index in [1.165, 1.54) is 6.07 Å². The fourth-order valence-corrected chi connectivity index (χ4v) is 4.55. The molecule has 1 aromatic heterocycles. The lowest BCUT2D eigenvalue weighted by atomic mass is 10.0. The molecule has 182 valence electrons. The number of aromatic nitrogens is 2. The van der Waals surface area contributed by atoms with Gasteiger partial charge in [0, 0.05) is 29.2 Å². The Balaban J connectivity index is 1.51. The monoisotopic (exact) mass is 486 g/mol. The number of halogens is 2. The Kier molecular flexibility index (Phi) is 7.55. The zero-order valence-electron chi connectivity index (χ0n) is 20.1. The zero-order chi connectivity index (χ0) is 24.3. The molecular weight excluding hydrogens is 455 g/mol. The number of benzene rings is 2. The molecule has 6 nitrogen and oxygen atoms in total. The van der Waals surface area contributed by atoms with E-state index in [9.17, 15) is 4.39 Å². The van der Waals surface area contributed by atoms with Gasteiger partial charge in [0.2, 0.25) is 5.95 Å². The van der Waals surface area contributed by atoms with Gasteiger partial charge in [-0.1, -0.05) is 17.7 Å². The van der Waals surface area contributed by atoms with Crippen molar-refractivity contribution in [1.82, 2.24) is 15.3 Å². The highest BCUT2D eigenvalue weighted by Gasteiger charge is 2.28. The quantitative estimate of drug-likeness (QED) is 0.370. The van der Waals surface area contributed by atoms with Crippen molar-refractivity contribution >= 4 is 28.5 Å². The predicted molar refractivity (Wildman–Crippen MR) is 135 cm³/mol. The molecule has 0 aliphatic heterocycles. The molecule has 2 aromatic carbocycles. The Labute approximate surface area is 205 Å². The van der Waals surface area contributed by atoms with E-state index in [0.29, 0.717) is 42.2 Å². The first-order valence-corrected chi connectivity index (χ1v) is 12.1. The Morgan fingerprint density at radius 1 is 1.15 bits per heavy atom. The summed E-state index contributed by atoms with van der Waals surface area (Å²) in [7, 11) is 0. The minimum Gasteiger partial charge on any atom is -0.492 e. The van der Waals surface area contributed by atoms with Crippen molar-refractivity contribution in [2.45, 2.75) is 64.6 Å². The number of nitrogens with zero attached hydrogens (tertiary/aromatic N) is 2. The number of hydrogen-bond donors (Lipinski definition) is 2. The van der Waals surface area contributed by atoms with E-state index < -0.39 is 5.82 Å². The largest absolute Gasteiger partial charge is 0.492 e. The Bertz CT molecular complexity index is 1150. The van der Waals surface area contributed by atoms with Gasteiger partial charge in [-0.05, 0) is 76.8 Å². The second kappa shape index (κ2) is 10.4. The first-order chi connectivity index (χ1) is 16.2. The van der Waals surface area contributed by atoms with Gasteiger partial charge in [0.1, 0.15) is 11.6 Å². The van der Waals surface area contributed by atoms with E-state index >= 15 is 0 Å². The van der Waals surface area contributed by atoms with Crippen molar-refractivity contribution in [1.29, 1.82) is 0 Å². The van der Waals surface area contributed by atoms with Crippen molar-refractivity contribution in [3.05, 3.63) is 47.4 Å². The zero-order valence-corrected chi connectivity index (χ0v) is 20.9. The smallest absolute Gasteiger partial charge is 0.223 e. The predicted octanol–water partition coefficient (Wildman–Crippen LogP) is 6.18. The topological polar surface area (TPSA) is 68.3 Å². The fourth-order valence-electron chi connectivity index (χ4n) is 4.23. The van der Waals surface area contributed by atoms with E-state index in [-0.39, 0.29) is 16.7 Å². The van der Waals surface area contributed by atoms with Crippen molar-refractivity contribution in [2.24, 2.45) is 0 Å². The number of nitrogens with one attached hydrogen (secondary N) is 2. The molecule has 2 atom stereocenters. The van der Waals surface area contributed by atoms with Gasteiger partial charge >= 0.3 is 0 Å². The minimum atomic E-state index is -0.401. The lowest BCUT2D eigenvalue weighted by molar-refractivity contribution is -0.0172. The summed E-state index contributed by atoms with van der Waals surface area (Å²) in [6.07, 6.45) is 5.01. The summed E-state index contributed by atoms with van der Waals surface area (Å²) in [5.74, 6) is 0.643. The Morgan fingerprint density at radius 3 is 2.71 bits per heavy atom. The summed E-state index contributed by atoms with van der Waals surface area (Å²) in [5, 5.41) is 8.04. The second-order valence-corrected chi connectivity index (χ2v) is 9.91. The van der Waals surface area contributed by atoms with Crippen LogP contribution in [0, 0.1) is 5.82 Å². The third kappa shape index (κ3) is 5.77. The van der Waals surface area contributed by atoms with Crippen molar-refractivity contribution in [3.63, 3.8) is 0 Å². The molecule has 1 aliphatic carbocycles. The van der Waals surface area contributed by atoms with E-state index in [2.05, 4.69) is 20.6 Å². The van der Waals surface area contributed by atoms with Crippen LogP contribution in [0.1, 0.15) is 47.0 Å². The van der Waals surface area contributed by atoms with Crippen LogP contribution in [0.3, 0.4) is 0 Å². The summed E-state index contributed by atoms with van der Waals surface area (Å²) in [6.45, 7) is 8.97. The molecule has 1 saturated carbocycles. The van der Waals surface area contributed by atoms with Gasteiger partial charge in [-0.3, -0.25) is 5.32 Å². The average molecular weight is 487 g/mol. The molecule has 1 fully saturated rings. The summed E-state index contributed by atoms with van der Waals surface area (Å²) in [5.41, 5.74) is 1.57. The van der Waals surface area contributed by atoms with Crippen LogP contribution in [0.25, 0.3) is 22.0 Å². The van der Waals surface area contributed by atoms with E-state index in [1.54, 1.807) is 12.3 Å². The highest BCUT2D eigenvalue weighted by atomic mass is 35.5. The fraction of sp³-hybridized carbons (Fsp3) is 0.462. The molecule has 0 spiro atoms. The minimum absolute atomic E-state index is 0.174. The van der Waals surface area contributed by atoms with Crippen LogP contribution < -0.4 is 15.4 Å². The van der Waals surface area contributed by atoms with Gasteiger partial charge in [0.05, 0.1) is 29.5 Å². The first-order valence-electron chi connectivity index (χ1n) is 11.8. The molecule has 0 amide bonds. The third-order valence-electron chi connectivity index (χ3n) is 5.91. The number of ether oxygens (including phenoxy) is 2. The molecule has 4 rings (SSSR count). The van der Waals surface area contributed by atoms with Crippen molar-refractivity contribution in [2.75, 3.05) is 18.7 Å². The van der Waals surface area contributed by atoms with Gasteiger partial charge in [-0.15, -0.1) is 0 Å². The van der Waals surface area contributed by atoms with Crippen molar-refractivity contribution in [3.8, 4) is 16.9 Å². The number of fused-ring (bicyclic) bond motifs is 1. The van der Waals surface area contributed by atoms with Gasteiger partial charge < -0.3 is 14.8 Å². The molecule has 34 heavy (non-hydrogen) atoms. The molecule has 3 aromatic rings. The summed E-state index contributed by atoms with van der Waals surface area (Å²) < 4.78 is 26.0. The van der Waals surface area contributed by atoms with E-state index in [1.807, 2.05) is 45.9 Å². The molecule has 8 heteroatoms. The van der Waals surface area contributed by atoms with E-state index in [0.717, 1.165) is 30.2 Å². The van der Waals surface area contributed by atoms with Gasteiger partial charge in [0.25, 0.3) is 0 Å². The average Bonchev–Trinajstić information content (AvgIpc) is 3.22. The number of anilines is 1. The summed E-state index contributed by atoms with van der Waals surface area (Å²) in [6, 6.07) is 8.99. The highest BCUT2D eigenvalue weighted by molar-refractivity contribution is 6.34. The Morgan fingerprint density at radius 2 is 1.94 bits per heavy atom. The van der Waals surface area contributed by atoms with Crippen molar-refractivity contribution < 1.29 is 13.9 Å². The molecule has 0 radical (unpaired) electrons. The van der Waals surface area contributed by atoms with Gasteiger partial charge in [0.15, 0.2) is 0 Å². The molecule has 0 saturated heterocycles. The maximum Gasteiger partial charge on any atom is 0.223 e. The van der Waals surface area contributed by atoms with Crippen LogP contribution in [-0.4, -0.2) is 41.0 Å². The van der Waals surface area contributed by atoms with Crippen LogP contribution in [-0.2, 0) is 4.74 Å². The van der Waals surface area contributed by atoms with Crippen LogP contribution >= 0.6 is 11.6 Å². The second-order valence-electron chi connectivity index (χ2n) is 9.53. The lowest BCUT2D eigenvalue weighted by Gasteiger charge is -2.25. The maximum atomic E-state index is 14.6. The summed E-state index contributed by atoms with van der Waals surface area (Å²) >= 11 is 6.45. The SMILES string of the molecule is CCOc1ccc(F)c(-c2ccc3nc(N[C@@H]4CCC[C@@H]4NCOC(C)(C)C)ncc3c2)c1Cl. The van der Waals surface area contributed by atoms with Crippen LogP contribution in [0.5, 0.6) is 5.75 Å². The molecule has 1 aliphatic rings.